The third-order valence-corrected chi connectivity index (χ3v) is 9.32. The van der Waals surface area contributed by atoms with E-state index < -0.39 is 0 Å². The summed E-state index contributed by atoms with van der Waals surface area (Å²) in [5.41, 5.74) is 4.73. The van der Waals surface area contributed by atoms with Gasteiger partial charge >= 0.3 is 6.03 Å². The van der Waals surface area contributed by atoms with Crippen LogP contribution in [0.5, 0.6) is 0 Å². The molecule has 4 aromatic rings. The molecule has 1 N–H and O–H groups in total. The molecule has 1 atom stereocenters. The van der Waals surface area contributed by atoms with Crippen molar-refractivity contribution >= 4 is 50.3 Å². The van der Waals surface area contributed by atoms with E-state index in [0.717, 1.165) is 28.7 Å². The molecule has 1 unspecified atom stereocenters. The molecule has 4 heterocycles. The van der Waals surface area contributed by atoms with Crippen molar-refractivity contribution in [1.29, 1.82) is 0 Å². The van der Waals surface area contributed by atoms with E-state index in [4.69, 9.17) is 0 Å². The van der Waals surface area contributed by atoms with Gasteiger partial charge in [-0.1, -0.05) is 18.2 Å². The number of thiophene rings is 2. The van der Waals surface area contributed by atoms with Gasteiger partial charge in [0.25, 0.3) is 0 Å². The van der Waals surface area contributed by atoms with E-state index in [2.05, 4.69) is 61.7 Å². The monoisotopic (exact) mass is 523 g/mol. The van der Waals surface area contributed by atoms with Crippen LogP contribution < -0.4 is 5.32 Å². The molecule has 0 fully saturated rings. The van der Waals surface area contributed by atoms with Crippen LogP contribution in [0.25, 0.3) is 5.00 Å². The molecular weight excluding hydrogens is 502 g/mol. The van der Waals surface area contributed by atoms with Crippen LogP contribution in [0.4, 0.5) is 10.5 Å². The van der Waals surface area contributed by atoms with Gasteiger partial charge in [-0.2, -0.15) is 0 Å². The number of aryl methyl sites for hydroxylation is 1. The summed E-state index contributed by atoms with van der Waals surface area (Å²) < 4.78 is 3.21. The van der Waals surface area contributed by atoms with Crippen LogP contribution in [0.1, 0.15) is 45.5 Å². The normalized spacial score (nSPS) is 17.3. The van der Waals surface area contributed by atoms with E-state index in [1.54, 1.807) is 11.3 Å². The molecule has 2 aliphatic rings. The number of benzene rings is 1. The number of carbonyl (C=O) groups is 1. The van der Waals surface area contributed by atoms with Crippen molar-refractivity contribution in [3.05, 3.63) is 91.2 Å². The first kappa shape index (κ1) is 20.3. The fraction of sp³-hybridized carbons (Fsp3) is 0.240. The lowest BCUT2D eigenvalue weighted by atomic mass is 9.95. The van der Waals surface area contributed by atoms with Crippen molar-refractivity contribution < 1.29 is 4.79 Å². The zero-order valence-corrected chi connectivity index (χ0v) is 20.6. The van der Waals surface area contributed by atoms with E-state index in [1.807, 2.05) is 40.5 Å². The van der Waals surface area contributed by atoms with Gasteiger partial charge in [0.15, 0.2) is 0 Å². The average Bonchev–Trinajstić information content (AvgIpc) is 3.55. The Morgan fingerprint density at radius 1 is 1.03 bits per heavy atom. The molecule has 0 spiro atoms. The summed E-state index contributed by atoms with van der Waals surface area (Å²) in [5.74, 6) is 0. The molecule has 3 aromatic heterocycles. The van der Waals surface area contributed by atoms with Gasteiger partial charge in [0.2, 0.25) is 0 Å². The fourth-order valence-electron chi connectivity index (χ4n) is 4.88. The van der Waals surface area contributed by atoms with E-state index >= 15 is 0 Å². The van der Waals surface area contributed by atoms with Crippen molar-refractivity contribution in [3.63, 3.8) is 0 Å². The quantitative estimate of drug-likeness (QED) is 0.292. The number of aromatic nitrogens is 1. The molecule has 0 bridgehead atoms. The van der Waals surface area contributed by atoms with Crippen LogP contribution >= 0.6 is 38.6 Å². The second kappa shape index (κ2) is 8.21. The Bertz CT molecular complexity index is 1290. The lowest BCUT2D eigenvalue weighted by Gasteiger charge is -2.30. The van der Waals surface area contributed by atoms with Crippen molar-refractivity contribution in [1.82, 2.24) is 9.47 Å². The van der Waals surface area contributed by atoms with Crippen molar-refractivity contribution in [2.24, 2.45) is 0 Å². The van der Waals surface area contributed by atoms with Crippen molar-refractivity contribution in [3.8, 4) is 5.00 Å². The predicted octanol–water partition coefficient (Wildman–Crippen LogP) is 7.38. The zero-order chi connectivity index (χ0) is 21.7. The van der Waals surface area contributed by atoms with Gasteiger partial charge < -0.3 is 14.8 Å². The maximum Gasteiger partial charge on any atom is 0.323 e. The van der Waals surface area contributed by atoms with E-state index in [1.165, 1.54) is 38.7 Å². The molecule has 0 saturated heterocycles. The lowest BCUT2D eigenvalue weighted by Crippen LogP contribution is -2.37. The number of rotatable bonds is 2. The number of carbonyl (C=O) groups excluding carboxylic acids is 1. The molecule has 0 radical (unpaired) electrons. The third-order valence-electron chi connectivity index (χ3n) is 6.37. The molecule has 1 aliphatic heterocycles. The minimum atomic E-state index is -0.133. The maximum absolute atomic E-state index is 13.8. The molecule has 7 heteroatoms. The first-order chi connectivity index (χ1) is 15.7. The number of nitrogens with one attached hydrogen (secondary N) is 1. The van der Waals surface area contributed by atoms with Gasteiger partial charge in [0.05, 0.1) is 17.9 Å². The molecule has 1 aliphatic carbocycles. The molecule has 4 nitrogen and oxygen atoms in total. The summed E-state index contributed by atoms with van der Waals surface area (Å²) in [4.78, 5) is 18.5. The molecule has 6 rings (SSSR count). The van der Waals surface area contributed by atoms with Crippen LogP contribution in [0.3, 0.4) is 0 Å². The predicted molar refractivity (Wildman–Crippen MR) is 135 cm³/mol. The summed E-state index contributed by atoms with van der Waals surface area (Å²) in [6.07, 6.45) is 6.91. The summed E-state index contributed by atoms with van der Waals surface area (Å²) in [5, 5.41) is 6.54. The second-order valence-corrected chi connectivity index (χ2v) is 11.2. The first-order valence-electron chi connectivity index (χ1n) is 10.9. The Kier molecular flexibility index (Phi) is 5.20. The highest BCUT2D eigenvalue weighted by Crippen LogP contribution is 2.44. The van der Waals surface area contributed by atoms with Crippen LogP contribution in [-0.4, -0.2) is 15.5 Å². The Hall–Kier alpha value is -2.35. The number of hydrogen-bond donors (Lipinski definition) is 1. The van der Waals surface area contributed by atoms with Crippen LogP contribution in [0, 0.1) is 0 Å². The Morgan fingerprint density at radius 2 is 1.91 bits per heavy atom. The van der Waals surface area contributed by atoms with Gasteiger partial charge in [-0.05, 0) is 82.9 Å². The first-order valence-corrected chi connectivity index (χ1v) is 13.4. The third kappa shape index (κ3) is 3.34. The number of hydrogen-bond acceptors (Lipinski definition) is 3. The highest BCUT2D eigenvalue weighted by molar-refractivity contribution is 9.10. The molecule has 1 aromatic carbocycles. The smallest absolute Gasteiger partial charge is 0.310 e. The van der Waals surface area contributed by atoms with E-state index in [9.17, 15) is 4.79 Å². The number of urea groups is 1. The van der Waals surface area contributed by atoms with Crippen LogP contribution in [-0.2, 0) is 19.4 Å². The number of para-hydroxylation sites is 1. The van der Waals surface area contributed by atoms with Gasteiger partial charge in [0.1, 0.15) is 11.0 Å². The highest BCUT2D eigenvalue weighted by atomic mass is 79.9. The summed E-state index contributed by atoms with van der Waals surface area (Å²) in [7, 11) is 0. The topological polar surface area (TPSA) is 37.3 Å². The number of halogens is 1. The standard InChI is InChI=1S/C25H22BrN3OS2/c26-18-8-2-3-9-19(18)27-25(30)29-15-17-16-7-1-4-11-21(16)32-24(17)28-13-5-10-20(28)23(29)22-12-6-14-31-22/h2-3,5-6,8-10,12-14,23H,1,4,7,11,15H2,(H,27,30). The van der Waals surface area contributed by atoms with Gasteiger partial charge in [-0.3, -0.25) is 0 Å². The number of anilines is 1. The van der Waals surface area contributed by atoms with Crippen LogP contribution in [0.15, 0.2) is 64.6 Å². The molecule has 32 heavy (non-hydrogen) atoms. The Balaban J connectivity index is 1.50. The van der Waals surface area contributed by atoms with E-state index in [0.29, 0.717) is 6.54 Å². The fourth-order valence-corrected chi connectivity index (χ4v) is 7.52. The van der Waals surface area contributed by atoms with E-state index in [-0.39, 0.29) is 12.1 Å². The largest absolute Gasteiger partial charge is 0.323 e. The molecule has 0 saturated carbocycles. The van der Waals surface area contributed by atoms with Gasteiger partial charge in [-0.15, -0.1) is 22.7 Å². The summed E-state index contributed by atoms with van der Waals surface area (Å²) in [6, 6.07) is 16.0. The number of fused-ring (bicyclic) bond motifs is 5. The molecular formula is C25H22BrN3OS2. The SMILES string of the molecule is O=C(Nc1ccccc1Br)N1Cc2c(sc3c2CCCC3)-n2cccc2C1c1cccs1. The van der Waals surface area contributed by atoms with Crippen LogP contribution in [0.2, 0.25) is 0 Å². The number of nitrogens with zero attached hydrogens (tertiary/aromatic N) is 2. The maximum atomic E-state index is 13.8. The minimum Gasteiger partial charge on any atom is -0.310 e. The summed E-state index contributed by atoms with van der Waals surface area (Å²) >= 11 is 7.20. The average molecular weight is 525 g/mol. The molecule has 2 amide bonds. The zero-order valence-electron chi connectivity index (χ0n) is 17.4. The Labute approximate surface area is 203 Å². The van der Waals surface area contributed by atoms with Gasteiger partial charge in [-0.25, -0.2) is 4.79 Å². The highest BCUT2D eigenvalue weighted by Gasteiger charge is 2.36. The number of amides is 2. The molecule has 162 valence electrons. The van der Waals surface area contributed by atoms with Gasteiger partial charge in [0, 0.05) is 26.0 Å². The van der Waals surface area contributed by atoms with Crippen molar-refractivity contribution in [2.45, 2.75) is 38.3 Å². The van der Waals surface area contributed by atoms with Crippen molar-refractivity contribution in [2.75, 3.05) is 5.32 Å². The minimum absolute atomic E-state index is 0.0772. The Morgan fingerprint density at radius 3 is 2.75 bits per heavy atom. The summed E-state index contributed by atoms with van der Waals surface area (Å²) in [6.45, 7) is 0.613. The lowest BCUT2D eigenvalue weighted by molar-refractivity contribution is 0.195. The second-order valence-electron chi connectivity index (χ2n) is 8.25.